The fourth-order valence-electron chi connectivity index (χ4n) is 1.26. The Morgan fingerprint density at radius 1 is 1.27 bits per heavy atom. The van der Waals surface area contributed by atoms with Gasteiger partial charge in [0.1, 0.15) is 0 Å². The lowest BCUT2D eigenvalue weighted by atomic mass is 9.87. The number of hydrogen-bond acceptors (Lipinski definition) is 1. The summed E-state index contributed by atoms with van der Waals surface area (Å²) in [6, 6.07) is 10.3. The first-order valence-corrected chi connectivity index (χ1v) is 5.39. The number of benzene rings is 1. The molecule has 1 N–H and O–H groups in total. The molecule has 0 saturated heterocycles. The van der Waals surface area contributed by atoms with Gasteiger partial charge in [-0.3, -0.25) is 4.39 Å². The van der Waals surface area contributed by atoms with Crippen molar-refractivity contribution in [1.29, 1.82) is 0 Å². The lowest BCUT2D eigenvalue weighted by Crippen LogP contribution is -2.40. The SMILES string of the molecule is CC(NCc1ccccc1)C(C)(C)CF. The maximum absolute atomic E-state index is 12.7. The molecule has 0 bridgehead atoms. The average molecular weight is 209 g/mol. The summed E-state index contributed by atoms with van der Waals surface area (Å²) in [5, 5.41) is 3.35. The molecule has 1 nitrogen and oxygen atoms in total. The van der Waals surface area contributed by atoms with E-state index in [2.05, 4.69) is 17.4 Å². The van der Waals surface area contributed by atoms with Crippen molar-refractivity contribution in [2.24, 2.45) is 5.41 Å². The predicted octanol–water partition coefficient (Wildman–Crippen LogP) is 3.16. The Labute approximate surface area is 91.7 Å². The van der Waals surface area contributed by atoms with Crippen molar-refractivity contribution in [2.45, 2.75) is 33.4 Å². The molecular weight excluding hydrogens is 189 g/mol. The van der Waals surface area contributed by atoms with E-state index in [1.54, 1.807) is 0 Å². The van der Waals surface area contributed by atoms with E-state index in [0.29, 0.717) is 0 Å². The van der Waals surface area contributed by atoms with E-state index in [-0.39, 0.29) is 18.1 Å². The van der Waals surface area contributed by atoms with Crippen molar-refractivity contribution >= 4 is 0 Å². The molecule has 0 aliphatic heterocycles. The average Bonchev–Trinajstić information content (AvgIpc) is 2.27. The number of halogens is 1. The molecule has 1 atom stereocenters. The van der Waals surface area contributed by atoms with Crippen molar-refractivity contribution in [3.8, 4) is 0 Å². The zero-order chi connectivity index (χ0) is 11.3. The Kier molecular flexibility index (Phi) is 4.28. The summed E-state index contributed by atoms with van der Waals surface area (Å²) in [6.45, 7) is 6.41. The summed E-state index contributed by atoms with van der Waals surface area (Å²) in [6.07, 6.45) is 0. The molecule has 2 heteroatoms. The van der Waals surface area contributed by atoms with E-state index in [4.69, 9.17) is 0 Å². The minimum atomic E-state index is -0.297. The van der Waals surface area contributed by atoms with E-state index < -0.39 is 0 Å². The zero-order valence-corrected chi connectivity index (χ0v) is 9.76. The molecule has 0 fully saturated rings. The van der Waals surface area contributed by atoms with Crippen LogP contribution in [-0.4, -0.2) is 12.7 Å². The molecule has 0 amide bonds. The highest BCUT2D eigenvalue weighted by Gasteiger charge is 2.25. The summed E-state index contributed by atoms with van der Waals surface area (Å²) in [4.78, 5) is 0. The standard InChI is InChI=1S/C13H20FN/c1-11(13(2,3)10-14)15-9-12-7-5-4-6-8-12/h4-8,11,15H,9-10H2,1-3H3. The first-order valence-electron chi connectivity index (χ1n) is 5.39. The van der Waals surface area contributed by atoms with Gasteiger partial charge in [0, 0.05) is 18.0 Å². The molecule has 0 aliphatic carbocycles. The quantitative estimate of drug-likeness (QED) is 0.785. The summed E-state index contributed by atoms with van der Waals surface area (Å²) < 4.78 is 12.7. The van der Waals surface area contributed by atoms with Crippen LogP contribution in [0.5, 0.6) is 0 Å². The van der Waals surface area contributed by atoms with Crippen LogP contribution < -0.4 is 5.32 Å². The van der Waals surface area contributed by atoms with Gasteiger partial charge in [0.2, 0.25) is 0 Å². The Morgan fingerprint density at radius 3 is 2.40 bits per heavy atom. The number of alkyl halides is 1. The zero-order valence-electron chi connectivity index (χ0n) is 9.76. The topological polar surface area (TPSA) is 12.0 Å². The van der Waals surface area contributed by atoms with Gasteiger partial charge >= 0.3 is 0 Å². The van der Waals surface area contributed by atoms with Crippen LogP contribution >= 0.6 is 0 Å². The molecule has 1 aromatic rings. The Morgan fingerprint density at radius 2 is 1.87 bits per heavy atom. The molecule has 0 radical (unpaired) electrons. The van der Waals surface area contributed by atoms with Gasteiger partial charge < -0.3 is 5.32 Å². The fraction of sp³-hybridized carbons (Fsp3) is 0.538. The second kappa shape index (κ2) is 5.26. The number of hydrogen-bond donors (Lipinski definition) is 1. The molecular formula is C13H20FN. The summed E-state index contributed by atoms with van der Waals surface area (Å²) >= 11 is 0. The lowest BCUT2D eigenvalue weighted by molar-refractivity contribution is 0.191. The van der Waals surface area contributed by atoms with Crippen molar-refractivity contribution in [1.82, 2.24) is 5.32 Å². The minimum Gasteiger partial charge on any atom is -0.310 e. The van der Waals surface area contributed by atoms with E-state index in [0.717, 1.165) is 6.54 Å². The maximum atomic E-state index is 12.7. The molecule has 0 spiro atoms. The van der Waals surface area contributed by atoms with Crippen LogP contribution in [-0.2, 0) is 6.54 Å². The second-order valence-corrected chi connectivity index (χ2v) is 4.71. The summed E-state index contributed by atoms with van der Waals surface area (Å²) in [5.41, 5.74) is 0.938. The third-order valence-corrected chi connectivity index (χ3v) is 2.97. The first-order chi connectivity index (χ1) is 7.06. The Balaban J connectivity index is 2.44. The van der Waals surface area contributed by atoms with Crippen LogP contribution in [0.1, 0.15) is 26.3 Å². The van der Waals surface area contributed by atoms with Crippen LogP contribution in [0.3, 0.4) is 0 Å². The Bertz CT molecular complexity index is 282. The lowest BCUT2D eigenvalue weighted by Gasteiger charge is -2.29. The largest absolute Gasteiger partial charge is 0.310 e. The third-order valence-electron chi connectivity index (χ3n) is 2.97. The molecule has 1 unspecified atom stereocenters. The van der Waals surface area contributed by atoms with Crippen LogP contribution in [0.2, 0.25) is 0 Å². The van der Waals surface area contributed by atoms with E-state index >= 15 is 0 Å². The summed E-state index contributed by atoms with van der Waals surface area (Å²) in [7, 11) is 0. The molecule has 15 heavy (non-hydrogen) atoms. The molecule has 0 aliphatic rings. The first kappa shape index (κ1) is 12.2. The molecule has 0 aromatic heterocycles. The molecule has 84 valence electrons. The smallest absolute Gasteiger partial charge is 0.0960 e. The van der Waals surface area contributed by atoms with Crippen molar-refractivity contribution < 1.29 is 4.39 Å². The van der Waals surface area contributed by atoms with Gasteiger partial charge in [0.05, 0.1) is 6.67 Å². The van der Waals surface area contributed by atoms with Crippen molar-refractivity contribution in [3.63, 3.8) is 0 Å². The highest BCUT2D eigenvalue weighted by molar-refractivity contribution is 5.14. The van der Waals surface area contributed by atoms with Crippen LogP contribution in [0, 0.1) is 5.41 Å². The third kappa shape index (κ3) is 3.63. The van der Waals surface area contributed by atoms with E-state index in [9.17, 15) is 4.39 Å². The Hall–Kier alpha value is -0.890. The minimum absolute atomic E-state index is 0.169. The van der Waals surface area contributed by atoms with Gasteiger partial charge in [-0.15, -0.1) is 0 Å². The molecule has 0 saturated carbocycles. The van der Waals surface area contributed by atoms with Crippen molar-refractivity contribution in [2.75, 3.05) is 6.67 Å². The molecule has 1 rings (SSSR count). The van der Waals surface area contributed by atoms with Crippen LogP contribution in [0.15, 0.2) is 30.3 Å². The highest BCUT2D eigenvalue weighted by Crippen LogP contribution is 2.21. The predicted molar refractivity (Wildman–Crippen MR) is 62.5 cm³/mol. The van der Waals surface area contributed by atoms with Crippen LogP contribution in [0.25, 0.3) is 0 Å². The highest BCUT2D eigenvalue weighted by atomic mass is 19.1. The van der Waals surface area contributed by atoms with Gasteiger partial charge in [0.15, 0.2) is 0 Å². The fourth-order valence-corrected chi connectivity index (χ4v) is 1.26. The monoisotopic (exact) mass is 209 g/mol. The van der Waals surface area contributed by atoms with Crippen molar-refractivity contribution in [3.05, 3.63) is 35.9 Å². The molecule has 0 heterocycles. The maximum Gasteiger partial charge on any atom is 0.0960 e. The van der Waals surface area contributed by atoms with Gasteiger partial charge in [-0.1, -0.05) is 44.2 Å². The van der Waals surface area contributed by atoms with E-state index in [1.807, 2.05) is 39.0 Å². The molecule has 1 aromatic carbocycles. The summed E-state index contributed by atoms with van der Waals surface area (Å²) in [5.74, 6) is 0. The van der Waals surface area contributed by atoms with Gasteiger partial charge in [0.25, 0.3) is 0 Å². The normalized spacial score (nSPS) is 13.9. The van der Waals surface area contributed by atoms with E-state index in [1.165, 1.54) is 5.56 Å². The van der Waals surface area contributed by atoms with Gasteiger partial charge in [-0.25, -0.2) is 0 Å². The number of nitrogens with one attached hydrogen (secondary N) is 1. The number of rotatable bonds is 5. The second-order valence-electron chi connectivity index (χ2n) is 4.71. The van der Waals surface area contributed by atoms with Gasteiger partial charge in [-0.05, 0) is 12.5 Å². The van der Waals surface area contributed by atoms with Gasteiger partial charge in [-0.2, -0.15) is 0 Å². The van der Waals surface area contributed by atoms with Crippen LogP contribution in [0.4, 0.5) is 4.39 Å².